The first-order valence-corrected chi connectivity index (χ1v) is 8.87. The van der Waals surface area contributed by atoms with Crippen LogP contribution in [0.2, 0.25) is 0 Å². The Labute approximate surface area is 149 Å². The first kappa shape index (κ1) is 17.5. The Kier molecular flexibility index (Phi) is 5.43. The molecule has 3 rings (SSSR count). The number of hydrogen-bond donors (Lipinski definition) is 0. The summed E-state index contributed by atoms with van der Waals surface area (Å²) in [5.41, 5.74) is 3.35. The minimum atomic E-state index is 0.111. The summed E-state index contributed by atoms with van der Waals surface area (Å²) in [5.74, 6) is 0.886. The first-order chi connectivity index (χ1) is 12.1. The van der Waals surface area contributed by atoms with Crippen molar-refractivity contribution in [3.63, 3.8) is 0 Å². The van der Waals surface area contributed by atoms with E-state index in [1.54, 1.807) is 7.11 Å². The van der Waals surface area contributed by atoms with Gasteiger partial charge in [-0.05, 0) is 50.2 Å². The largest absolute Gasteiger partial charge is 0.497 e. The number of carbonyl (C=O) groups excluding carboxylic acids is 1. The lowest BCUT2D eigenvalue weighted by molar-refractivity contribution is 0.0633. The molecular formula is C20H27N3O2. The van der Waals surface area contributed by atoms with E-state index in [9.17, 15) is 4.79 Å². The SMILES string of the molecule is COc1ccc(C(=O)N2CCN(CCn3c(C)ccc3C)CC2)cc1. The van der Waals surface area contributed by atoms with Crippen molar-refractivity contribution in [1.82, 2.24) is 14.4 Å². The number of carbonyl (C=O) groups is 1. The molecule has 2 aromatic rings. The van der Waals surface area contributed by atoms with Crippen LogP contribution in [0.4, 0.5) is 0 Å². The number of benzene rings is 1. The lowest BCUT2D eigenvalue weighted by atomic mass is 10.1. The smallest absolute Gasteiger partial charge is 0.253 e. The van der Waals surface area contributed by atoms with Gasteiger partial charge in [-0.2, -0.15) is 0 Å². The van der Waals surface area contributed by atoms with Crippen LogP contribution in [0.25, 0.3) is 0 Å². The van der Waals surface area contributed by atoms with Gasteiger partial charge in [0, 0.05) is 56.2 Å². The number of aryl methyl sites for hydroxylation is 2. The lowest BCUT2D eigenvalue weighted by Crippen LogP contribution is -2.49. The number of ether oxygens (including phenoxy) is 1. The maximum Gasteiger partial charge on any atom is 0.253 e. The second-order valence-corrected chi connectivity index (χ2v) is 6.63. The molecular weight excluding hydrogens is 314 g/mol. The molecule has 0 spiro atoms. The van der Waals surface area contributed by atoms with Gasteiger partial charge in [0.1, 0.15) is 5.75 Å². The predicted molar refractivity (Wildman–Crippen MR) is 99.2 cm³/mol. The number of nitrogens with zero attached hydrogens (tertiary/aromatic N) is 3. The molecule has 25 heavy (non-hydrogen) atoms. The van der Waals surface area contributed by atoms with Crippen LogP contribution in [0.5, 0.6) is 5.75 Å². The van der Waals surface area contributed by atoms with Gasteiger partial charge < -0.3 is 14.2 Å². The molecule has 5 heteroatoms. The van der Waals surface area contributed by atoms with Crippen LogP contribution in [0.1, 0.15) is 21.7 Å². The zero-order valence-corrected chi connectivity index (χ0v) is 15.4. The minimum Gasteiger partial charge on any atom is -0.497 e. The third kappa shape index (κ3) is 4.04. The van der Waals surface area contributed by atoms with Crippen molar-refractivity contribution in [3.05, 3.63) is 53.3 Å². The molecule has 1 aromatic heterocycles. The molecule has 5 nitrogen and oxygen atoms in total. The van der Waals surface area contributed by atoms with Gasteiger partial charge in [-0.15, -0.1) is 0 Å². The summed E-state index contributed by atoms with van der Waals surface area (Å²) in [6.45, 7) is 9.78. The van der Waals surface area contributed by atoms with Gasteiger partial charge in [0.05, 0.1) is 7.11 Å². The lowest BCUT2D eigenvalue weighted by Gasteiger charge is -2.35. The van der Waals surface area contributed by atoms with Crippen molar-refractivity contribution in [2.75, 3.05) is 39.8 Å². The summed E-state index contributed by atoms with van der Waals surface area (Å²) in [5, 5.41) is 0. The van der Waals surface area contributed by atoms with Crippen LogP contribution >= 0.6 is 0 Å². The van der Waals surface area contributed by atoms with Crippen molar-refractivity contribution >= 4 is 5.91 Å². The van der Waals surface area contributed by atoms with E-state index in [1.165, 1.54) is 11.4 Å². The van der Waals surface area contributed by atoms with Gasteiger partial charge in [-0.1, -0.05) is 0 Å². The third-order valence-corrected chi connectivity index (χ3v) is 5.05. The Morgan fingerprint density at radius 3 is 2.08 bits per heavy atom. The Hall–Kier alpha value is -2.27. The van der Waals surface area contributed by atoms with Gasteiger partial charge in [0.25, 0.3) is 5.91 Å². The minimum absolute atomic E-state index is 0.111. The first-order valence-electron chi connectivity index (χ1n) is 8.87. The van der Waals surface area contributed by atoms with E-state index in [1.807, 2.05) is 29.2 Å². The molecule has 0 atom stereocenters. The Morgan fingerprint density at radius 1 is 0.920 bits per heavy atom. The topological polar surface area (TPSA) is 37.7 Å². The molecule has 0 unspecified atom stereocenters. The second-order valence-electron chi connectivity index (χ2n) is 6.63. The zero-order chi connectivity index (χ0) is 17.8. The van der Waals surface area contributed by atoms with Crippen molar-refractivity contribution in [2.24, 2.45) is 0 Å². The zero-order valence-electron chi connectivity index (χ0n) is 15.4. The van der Waals surface area contributed by atoms with E-state index in [2.05, 4.69) is 35.4 Å². The summed E-state index contributed by atoms with van der Waals surface area (Å²) < 4.78 is 7.51. The van der Waals surface area contributed by atoms with Crippen LogP contribution in [0.15, 0.2) is 36.4 Å². The number of hydrogen-bond acceptors (Lipinski definition) is 3. The summed E-state index contributed by atoms with van der Waals surface area (Å²) >= 11 is 0. The molecule has 0 saturated carbocycles. The highest BCUT2D eigenvalue weighted by atomic mass is 16.5. The highest BCUT2D eigenvalue weighted by molar-refractivity contribution is 5.94. The van der Waals surface area contributed by atoms with Crippen molar-refractivity contribution in [1.29, 1.82) is 0 Å². The van der Waals surface area contributed by atoms with E-state index in [0.717, 1.165) is 50.6 Å². The van der Waals surface area contributed by atoms with Crippen LogP contribution in [-0.2, 0) is 6.54 Å². The average molecular weight is 341 g/mol. The normalized spacial score (nSPS) is 15.4. The van der Waals surface area contributed by atoms with Gasteiger partial charge in [0.15, 0.2) is 0 Å². The van der Waals surface area contributed by atoms with Crippen LogP contribution < -0.4 is 4.74 Å². The Morgan fingerprint density at radius 2 is 1.52 bits per heavy atom. The third-order valence-electron chi connectivity index (χ3n) is 5.05. The molecule has 1 saturated heterocycles. The summed E-state index contributed by atoms with van der Waals surface area (Å²) in [7, 11) is 1.63. The molecule has 0 aliphatic carbocycles. The summed E-state index contributed by atoms with van der Waals surface area (Å²) in [4.78, 5) is 17.0. The number of aromatic nitrogens is 1. The fourth-order valence-corrected chi connectivity index (χ4v) is 3.38. The molecule has 0 radical (unpaired) electrons. The van der Waals surface area contributed by atoms with Gasteiger partial charge in [-0.25, -0.2) is 0 Å². The summed E-state index contributed by atoms with van der Waals surface area (Å²) in [6.07, 6.45) is 0. The Bertz CT molecular complexity index is 694. The highest BCUT2D eigenvalue weighted by Gasteiger charge is 2.22. The summed E-state index contributed by atoms with van der Waals surface area (Å²) in [6, 6.07) is 11.7. The quantitative estimate of drug-likeness (QED) is 0.839. The fraction of sp³-hybridized carbons (Fsp3) is 0.450. The monoisotopic (exact) mass is 341 g/mol. The standard InChI is InChI=1S/C20H27N3O2/c1-16-4-5-17(2)23(16)15-12-21-10-13-22(14-11-21)20(24)18-6-8-19(25-3)9-7-18/h4-9H,10-15H2,1-3H3. The molecule has 1 aliphatic heterocycles. The molecule has 1 aliphatic rings. The fourth-order valence-electron chi connectivity index (χ4n) is 3.38. The van der Waals surface area contributed by atoms with E-state index in [0.29, 0.717) is 0 Å². The van der Waals surface area contributed by atoms with E-state index in [4.69, 9.17) is 4.74 Å². The van der Waals surface area contributed by atoms with Crippen molar-refractivity contribution in [2.45, 2.75) is 20.4 Å². The predicted octanol–water partition coefficient (Wildman–Crippen LogP) is 2.57. The van der Waals surface area contributed by atoms with E-state index in [-0.39, 0.29) is 5.91 Å². The van der Waals surface area contributed by atoms with E-state index >= 15 is 0 Å². The second kappa shape index (κ2) is 7.74. The van der Waals surface area contributed by atoms with Crippen LogP contribution in [0, 0.1) is 13.8 Å². The molecule has 2 heterocycles. The van der Waals surface area contributed by atoms with Gasteiger partial charge >= 0.3 is 0 Å². The maximum absolute atomic E-state index is 12.6. The molecule has 0 N–H and O–H groups in total. The van der Waals surface area contributed by atoms with Crippen LogP contribution in [-0.4, -0.2) is 60.1 Å². The van der Waals surface area contributed by atoms with Crippen molar-refractivity contribution < 1.29 is 9.53 Å². The molecule has 134 valence electrons. The highest BCUT2D eigenvalue weighted by Crippen LogP contribution is 2.14. The van der Waals surface area contributed by atoms with Crippen LogP contribution in [0.3, 0.4) is 0 Å². The molecule has 0 bridgehead atoms. The van der Waals surface area contributed by atoms with Crippen molar-refractivity contribution in [3.8, 4) is 5.75 Å². The number of rotatable bonds is 5. The molecule has 1 aromatic carbocycles. The number of methoxy groups -OCH3 is 1. The van der Waals surface area contributed by atoms with Gasteiger partial charge in [-0.3, -0.25) is 9.69 Å². The van der Waals surface area contributed by atoms with Gasteiger partial charge in [0.2, 0.25) is 0 Å². The number of piperazine rings is 1. The number of amides is 1. The molecule has 1 fully saturated rings. The van der Waals surface area contributed by atoms with E-state index < -0.39 is 0 Å². The average Bonchev–Trinajstić information content (AvgIpc) is 2.98. The Balaban J connectivity index is 1.50. The maximum atomic E-state index is 12.6. The molecule has 1 amide bonds.